The Labute approximate surface area is 225 Å². The van der Waals surface area contributed by atoms with E-state index < -0.39 is 30.5 Å². The third kappa shape index (κ3) is 5.60. The van der Waals surface area contributed by atoms with Crippen molar-refractivity contribution in [3.8, 4) is 5.75 Å². The number of rotatable bonds is 10. The molecule has 1 aliphatic heterocycles. The molecule has 214 valence electrons. The van der Waals surface area contributed by atoms with Gasteiger partial charge in [-0.3, -0.25) is 10.0 Å². The molecule has 12 heteroatoms. The molecule has 4 aliphatic carbocycles. The molecule has 38 heavy (non-hydrogen) atoms. The van der Waals surface area contributed by atoms with Crippen LogP contribution in [0, 0.1) is 17.8 Å². The van der Waals surface area contributed by atoms with Gasteiger partial charge in [0, 0.05) is 18.8 Å². The molecule has 0 aromatic heterocycles. The van der Waals surface area contributed by atoms with Gasteiger partial charge in [0.1, 0.15) is 5.75 Å². The Morgan fingerprint density at radius 2 is 1.53 bits per heavy atom. The van der Waals surface area contributed by atoms with Crippen molar-refractivity contribution in [2.45, 2.75) is 80.4 Å². The van der Waals surface area contributed by atoms with Gasteiger partial charge in [0.2, 0.25) is 10.0 Å². The highest BCUT2D eigenvalue weighted by atomic mass is 32.2. The van der Waals surface area contributed by atoms with E-state index in [4.69, 9.17) is 14.7 Å². The molecule has 1 amide bonds. The summed E-state index contributed by atoms with van der Waals surface area (Å²) in [4.78, 5) is 12.3. The van der Waals surface area contributed by atoms with Gasteiger partial charge >= 0.3 is 0 Å². The monoisotopic (exact) mass is 572 g/mol. The van der Waals surface area contributed by atoms with E-state index >= 15 is 0 Å². The first-order chi connectivity index (χ1) is 17.6. The van der Waals surface area contributed by atoms with E-state index in [9.17, 15) is 21.6 Å². The van der Waals surface area contributed by atoms with Crippen molar-refractivity contribution >= 4 is 25.8 Å². The second-order valence-corrected chi connectivity index (χ2v) is 15.4. The predicted octanol–water partition coefficient (Wildman–Crippen LogP) is 2.81. The maximum absolute atomic E-state index is 13.3. The lowest BCUT2D eigenvalue weighted by atomic mass is 9.53. The number of nitrogens with one attached hydrogen (secondary N) is 2. The summed E-state index contributed by atoms with van der Waals surface area (Å²) in [7, 11) is -7.55. The Morgan fingerprint density at radius 1 is 0.974 bits per heavy atom. The summed E-state index contributed by atoms with van der Waals surface area (Å²) in [5, 5.41) is 9.16. The van der Waals surface area contributed by atoms with Gasteiger partial charge in [0.15, 0.2) is 14.6 Å². The molecule has 10 nitrogen and oxygen atoms in total. The van der Waals surface area contributed by atoms with E-state index in [0.717, 1.165) is 19.3 Å². The molecule has 4 bridgehead atoms. The fraction of sp³-hybridized carbons (Fsp3) is 0.731. The summed E-state index contributed by atoms with van der Waals surface area (Å²) < 4.78 is 64.5. The second-order valence-electron chi connectivity index (χ2n) is 11.3. The molecule has 5 aliphatic rings. The number of amides is 1. The first-order valence-electron chi connectivity index (χ1n) is 13.1. The topological polar surface area (TPSA) is 148 Å². The Balaban J connectivity index is 0.00000336. The van der Waals surface area contributed by atoms with Crippen LogP contribution in [0.2, 0.25) is 0 Å². The minimum atomic E-state index is -4.11. The zero-order valence-electron chi connectivity index (χ0n) is 20.9. The molecule has 1 aromatic carbocycles. The molecule has 4 saturated carbocycles. The first-order valence-corrected chi connectivity index (χ1v) is 16.2. The van der Waals surface area contributed by atoms with E-state index in [1.165, 1.54) is 49.0 Å². The smallest absolute Gasteiger partial charge is 0.265 e. The second kappa shape index (κ2) is 11.0. The highest BCUT2D eigenvalue weighted by Crippen LogP contribution is 2.55. The average molecular weight is 573 g/mol. The van der Waals surface area contributed by atoms with Gasteiger partial charge in [-0.1, -0.05) is 7.43 Å². The Hall–Kier alpha value is -1.73. The number of carbonyl (C=O) groups is 1. The Bertz CT molecular complexity index is 1170. The van der Waals surface area contributed by atoms with Crippen LogP contribution in [0.3, 0.4) is 0 Å². The molecule has 3 N–H and O–H groups in total. The standard InChI is InChI=1S/C25H36N2O8S2.CH4/c28-23(26-29)25(6-9-34-10-7-25)37(32,33)22-4-2-21(3-5-22)35-8-1-11-36(30,31)27-24-15-18-12-19(16-24)14-20(13-18)17-24;/h2-5,18-20,27,29H,1,6-17H2,(H,26,28);1H4. The highest BCUT2D eigenvalue weighted by Gasteiger charge is 2.53. The number of benzene rings is 1. The lowest BCUT2D eigenvalue weighted by molar-refractivity contribution is -0.134. The summed E-state index contributed by atoms with van der Waals surface area (Å²) in [6, 6.07) is 5.69. The lowest BCUT2D eigenvalue weighted by Crippen LogP contribution is -2.60. The van der Waals surface area contributed by atoms with E-state index in [2.05, 4.69) is 4.72 Å². The van der Waals surface area contributed by atoms with Gasteiger partial charge in [-0.25, -0.2) is 27.0 Å². The highest BCUT2D eigenvalue weighted by molar-refractivity contribution is 7.93. The van der Waals surface area contributed by atoms with E-state index in [1.54, 1.807) is 0 Å². The van der Waals surface area contributed by atoms with Gasteiger partial charge in [0.25, 0.3) is 5.91 Å². The molecule has 6 rings (SSSR count). The van der Waals surface area contributed by atoms with Gasteiger partial charge in [-0.05, 0) is 99.8 Å². The molecule has 0 spiro atoms. The van der Waals surface area contributed by atoms with Crippen molar-refractivity contribution in [3.63, 3.8) is 0 Å². The van der Waals surface area contributed by atoms with Gasteiger partial charge in [-0.2, -0.15) is 0 Å². The summed E-state index contributed by atoms with van der Waals surface area (Å²) in [6.45, 7) is 0.352. The van der Waals surface area contributed by atoms with Crippen LogP contribution in [0.5, 0.6) is 5.75 Å². The van der Waals surface area contributed by atoms with E-state index in [0.29, 0.717) is 29.9 Å². The maximum Gasteiger partial charge on any atom is 0.265 e. The number of hydrogen-bond acceptors (Lipinski definition) is 8. The zero-order valence-corrected chi connectivity index (χ0v) is 22.5. The molecule has 5 fully saturated rings. The minimum absolute atomic E-state index is 0. The molecule has 0 radical (unpaired) electrons. The lowest BCUT2D eigenvalue weighted by Gasteiger charge is -2.56. The van der Waals surface area contributed by atoms with Crippen LogP contribution in [-0.4, -0.2) is 63.8 Å². The molecule has 1 heterocycles. The SMILES string of the molecule is C.O=C(NO)C1(S(=O)(=O)c2ccc(OCCCS(=O)(=O)NC34CC5CC(CC(C5)C3)C4)cc2)CCOCC1. The number of sulfonamides is 1. The number of ether oxygens (including phenoxy) is 2. The molecule has 1 saturated heterocycles. The number of carbonyl (C=O) groups excluding carboxylic acids is 1. The number of sulfone groups is 1. The van der Waals surface area contributed by atoms with Crippen LogP contribution in [0.1, 0.15) is 65.2 Å². The number of hydrogen-bond donors (Lipinski definition) is 3. The van der Waals surface area contributed by atoms with Crippen LogP contribution in [-0.2, 0) is 29.4 Å². The van der Waals surface area contributed by atoms with Crippen LogP contribution in [0.15, 0.2) is 29.2 Å². The zero-order chi connectivity index (χ0) is 26.3. The quantitative estimate of drug-likeness (QED) is 0.220. The first kappa shape index (κ1) is 29.3. The third-order valence-corrected chi connectivity index (χ3v) is 12.8. The van der Waals surface area contributed by atoms with Crippen LogP contribution in [0.4, 0.5) is 0 Å². The van der Waals surface area contributed by atoms with Crippen molar-refractivity contribution in [1.29, 1.82) is 0 Å². The van der Waals surface area contributed by atoms with Crippen molar-refractivity contribution in [2.75, 3.05) is 25.6 Å². The molecule has 1 aromatic rings. The average Bonchev–Trinajstić information content (AvgIpc) is 2.85. The third-order valence-electron chi connectivity index (χ3n) is 8.70. The summed E-state index contributed by atoms with van der Waals surface area (Å²) in [5.41, 5.74) is 1.24. The molecule has 0 unspecified atom stereocenters. The van der Waals surface area contributed by atoms with Crippen LogP contribution < -0.4 is 14.9 Å². The fourth-order valence-corrected chi connectivity index (χ4v) is 10.9. The Morgan fingerprint density at radius 3 is 2.05 bits per heavy atom. The van der Waals surface area contributed by atoms with Gasteiger partial charge in [0.05, 0.1) is 17.3 Å². The van der Waals surface area contributed by atoms with Crippen molar-refractivity contribution in [1.82, 2.24) is 10.2 Å². The minimum Gasteiger partial charge on any atom is -0.494 e. The normalized spacial score (nSPS) is 29.9. The van der Waals surface area contributed by atoms with Gasteiger partial charge < -0.3 is 9.47 Å². The van der Waals surface area contributed by atoms with Gasteiger partial charge in [-0.15, -0.1) is 0 Å². The van der Waals surface area contributed by atoms with E-state index in [-0.39, 0.29) is 56.3 Å². The molecular weight excluding hydrogens is 532 g/mol. The fourth-order valence-electron chi connectivity index (χ4n) is 7.42. The molecular formula is C26H40N2O8S2. The maximum atomic E-state index is 13.3. The summed E-state index contributed by atoms with van der Waals surface area (Å²) in [5.74, 6) is 1.37. The largest absolute Gasteiger partial charge is 0.494 e. The number of hydroxylamine groups is 1. The molecule has 0 atom stereocenters. The van der Waals surface area contributed by atoms with Crippen molar-refractivity contribution in [2.24, 2.45) is 17.8 Å². The summed E-state index contributed by atoms with van der Waals surface area (Å²) >= 11 is 0. The Kier molecular flexibility index (Phi) is 8.50. The van der Waals surface area contributed by atoms with Crippen molar-refractivity contribution in [3.05, 3.63) is 24.3 Å². The van der Waals surface area contributed by atoms with Crippen LogP contribution in [0.25, 0.3) is 0 Å². The van der Waals surface area contributed by atoms with Crippen LogP contribution >= 0.6 is 0 Å². The predicted molar refractivity (Wildman–Crippen MR) is 141 cm³/mol. The summed E-state index contributed by atoms with van der Waals surface area (Å²) in [6.07, 6.45) is 6.80. The van der Waals surface area contributed by atoms with Crippen molar-refractivity contribution < 1.29 is 36.3 Å². The van der Waals surface area contributed by atoms with E-state index in [1.807, 2.05) is 0 Å².